The number of anilines is 5. The minimum absolute atomic E-state index is 0.271. The number of aromatic nitrogens is 2. The van der Waals surface area contributed by atoms with E-state index >= 15 is 0 Å². The molecule has 0 atom stereocenters. The molecule has 2 heterocycles. The van der Waals surface area contributed by atoms with Gasteiger partial charge in [0.2, 0.25) is 5.95 Å². The van der Waals surface area contributed by atoms with Crippen molar-refractivity contribution < 1.29 is 4.74 Å². The van der Waals surface area contributed by atoms with Crippen molar-refractivity contribution in [2.75, 3.05) is 63.2 Å². The van der Waals surface area contributed by atoms with Gasteiger partial charge in [-0.3, -0.25) is 0 Å². The Kier molecular flexibility index (Phi) is 8.94. The van der Waals surface area contributed by atoms with Crippen LogP contribution in [-0.2, 0) is 0 Å². The minimum Gasteiger partial charge on any atom is -0.494 e. The molecule has 1 aliphatic rings. The molecule has 0 amide bonds. The molecule has 37 heavy (non-hydrogen) atoms. The van der Waals surface area contributed by atoms with Gasteiger partial charge in [-0.25, -0.2) is 4.98 Å². The molecule has 4 rings (SSSR count). The molecule has 2 N–H and O–H groups in total. The zero-order chi connectivity index (χ0) is 26.7. The Morgan fingerprint density at radius 1 is 1.05 bits per heavy atom. The Hall–Kier alpha value is -2.41. The summed E-state index contributed by atoms with van der Waals surface area (Å²) in [5, 5.41) is 8.22. The average Bonchev–Trinajstić information content (AvgIpc) is 2.87. The van der Waals surface area contributed by atoms with Crippen LogP contribution in [0.25, 0.3) is 0 Å². The predicted octanol–water partition coefficient (Wildman–Crippen LogP) is 6.25. The molecular formula is C28H38BrN6OP. The van der Waals surface area contributed by atoms with Gasteiger partial charge in [-0.05, 0) is 99.1 Å². The first-order valence-electron chi connectivity index (χ1n) is 12.6. The summed E-state index contributed by atoms with van der Waals surface area (Å²) in [5.41, 5.74) is 5.60. The number of rotatable bonds is 8. The average molecular weight is 586 g/mol. The lowest BCUT2D eigenvalue weighted by atomic mass is 10.0. The molecule has 1 aromatic heterocycles. The van der Waals surface area contributed by atoms with Crippen LogP contribution in [0.4, 0.5) is 28.8 Å². The number of nitrogens with one attached hydrogen (secondary N) is 2. The van der Waals surface area contributed by atoms with Crippen molar-refractivity contribution in [1.82, 2.24) is 14.9 Å². The monoisotopic (exact) mass is 584 g/mol. The van der Waals surface area contributed by atoms with Crippen molar-refractivity contribution >= 4 is 58.0 Å². The summed E-state index contributed by atoms with van der Waals surface area (Å²) in [6, 6.07) is 11.4. The standard InChI is InChI=1S/C28H38BrN6OP/c1-18-8-9-22(26(14-18)37(6)7)31-27-21(29)17-30-28(33-27)32-23-15-19(2)24(16-25(23)36-5)35-12-10-20(11-13-35)34(3)4/h8-9,14-17,20H,10-13H2,1-7H3,(H2,30,31,32,33). The van der Waals surface area contributed by atoms with E-state index in [1.54, 1.807) is 13.3 Å². The number of hydrogen-bond donors (Lipinski definition) is 2. The van der Waals surface area contributed by atoms with Crippen LogP contribution in [-0.4, -0.2) is 68.5 Å². The van der Waals surface area contributed by atoms with Crippen LogP contribution in [0.1, 0.15) is 24.0 Å². The SMILES string of the molecule is COc1cc(N2CCC(N(C)C)CC2)c(C)cc1Nc1ncc(Br)c(Nc2ccc(C)cc2P(C)C)n1. The van der Waals surface area contributed by atoms with Gasteiger partial charge in [-0.1, -0.05) is 19.6 Å². The van der Waals surface area contributed by atoms with Crippen molar-refractivity contribution in [3.05, 3.63) is 52.1 Å². The summed E-state index contributed by atoms with van der Waals surface area (Å²) in [4.78, 5) is 14.1. The summed E-state index contributed by atoms with van der Waals surface area (Å²) in [6.45, 7) is 10.9. The summed E-state index contributed by atoms with van der Waals surface area (Å²) in [7, 11) is 5.78. The third kappa shape index (κ3) is 6.54. The van der Waals surface area contributed by atoms with Crippen LogP contribution in [0, 0.1) is 13.8 Å². The van der Waals surface area contributed by atoms with Crippen molar-refractivity contribution in [3.63, 3.8) is 0 Å². The number of halogens is 1. The van der Waals surface area contributed by atoms with E-state index in [2.05, 4.69) is 113 Å². The molecule has 1 saturated heterocycles. The van der Waals surface area contributed by atoms with E-state index in [0.717, 1.165) is 53.3 Å². The summed E-state index contributed by atoms with van der Waals surface area (Å²) >= 11 is 3.61. The largest absolute Gasteiger partial charge is 0.494 e. The van der Waals surface area contributed by atoms with Crippen molar-refractivity contribution in [2.24, 2.45) is 0 Å². The highest BCUT2D eigenvalue weighted by molar-refractivity contribution is 9.10. The third-order valence-corrected chi connectivity index (χ3v) is 8.85. The highest BCUT2D eigenvalue weighted by Gasteiger charge is 2.23. The quantitative estimate of drug-likeness (QED) is 0.303. The highest BCUT2D eigenvalue weighted by atomic mass is 79.9. The second-order valence-electron chi connectivity index (χ2n) is 10.1. The smallest absolute Gasteiger partial charge is 0.229 e. The zero-order valence-electron chi connectivity index (χ0n) is 22.9. The van der Waals surface area contributed by atoms with Crippen molar-refractivity contribution in [1.29, 1.82) is 0 Å². The van der Waals surface area contributed by atoms with E-state index in [0.29, 0.717) is 12.0 Å². The predicted molar refractivity (Wildman–Crippen MR) is 163 cm³/mol. The van der Waals surface area contributed by atoms with E-state index in [4.69, 9.17) is 9.72 Å². The molecule has 0 bridgehead atoms. The van der Waals surface area contributed by atoms with Gasteiger partial charge < -0.3 is 25.2 Å². The summed E-state index contributed by atoms with van der Waals surface area (Å²) in [5.74, 6) is 2.00. The molecule has 0 aliphatic carbocycles. The van der Waals surface area contributed by atoms with Crippen LogP contribution in [0.2, 0.25) is 0 Å². The maximum atomic E-state index is 5.79. The van der Waals surface area contributed by atoms with E-state index in [1.165, 1.54) is 22.1 Å². The van der Waals surface area contributed by atoms with Crippen LogP contribution >= 0.6 is 23.9 Å². The third-order valence-electron chi connectivity index (χ3n) is 6.93. The fourth-order valence-electron chi connectivity index (χ4n) is 4.79. The fourth-order valence-corrected chi connectivity index (χ4v) is 6.15. The second kappa shape index (κ2) is 12.0. The Morgan fingerprint density at radius 2 is 1.78 bits per heavy atom. The lowest BCUT2D eigenvalue weighted by Crippen LogP contribution is -2.42. The molecule has 0 spiro atoms. The molecule has 0 radical (unpaired) electrons. The Bertz CT molecular complexity index is 1240. The first-order chi connectivity index (χ1) is 17.7. The zero-order valence-corrected chi connectivity index (χ0v) is 25.4. The van der Waals surface area contributed by atoms with Gasteiger partial charge >= 0.3 is 0 Å². The number of aryl methyl sites for hydroxylation is 2. The van der Waals surface area contributed by atoms with E-state index in [-0.39, 0.29) is 7.92 Å². The van der Waals surface area contributed by atoms with Crippen LogP contribution < -0.4 is 25.6 Å². The normalized spacial score (nSPS) is 14.4. The van der Waals surface area contributed by atoms with E-state index in [9.17, 15) is 0 Å². The highest BCUT2D eigenvalue weighted by Crippen LogP contribution is 2.37. The van der Waals surface area contributed by atoms with Crippen molar-refractivity contribution in [2.45, 2.75) is 32.7 Å². The lowest BCUT2D eigenvalue weighted by Gasteiger charge is -2.37. The molecule has 2 aromatic carbocycles. The minimum atomic E-state index is -0.271. The Labute approximate surface area is 230 Å². The summed E-state index contributed by atoms with van der Waals surface area (Å²) < 4.78 is 6.60. The second-order valence-corrected chi connectivity index (χ2v) is 13.2. The van der Waals surface area contributed by atoms with Gasteiger partial charge in [0.15, 0.2) is 0 Å². The topological polar surface area (TPSA) is 65.6 Å². The van der Waals surface area contributed by atoms with Gasteiger partial charge in [-0.15, -0.1) is 0 Å². The molecule has 7 nitrogen and oxygen atoms in total. The number of ether oxygens (including phenoxy) is 1. The van der Waals surface area contributed by atoms with Gasteiger partial charge in [0.25, 0.3) is 0 Å². The van der Waals surface area contributed by atoms with Gasteiger partial charge in [0, 0.05) is 42.8 Å². The number of nitrogens with zero attached hydrogens (tertiary/aromatic N) is 4. The van der Waals surface area contributed by atoms with Gasteiger partial charge in [-0.2, -0.15) is 4.98 Å². The van der Waals surface area contributed by atoms with Gasteiger partial charge in [0.1, 0.15) is 11.6 Å². The molecule has 9 heteroatoms. The molecule has 3 aromatic rings. The number of methoxy groups -OCH3 is 1. The molecule has 1 aliphatic heterocycles. The number of hydrogen-bond acceptors (Lipinski definition) is 7. The van der Waals surface area contributed by atoms with Crippen LogP contribution in [0.15, 0.2) is 41.0 Å². The number of piperidine rings is 1. The van der Waals surface area contributed by atoms with E-state index < -0.39 is 0 Å². The van der Waals surface area contributed by atoms with Gasteiger partial charge in [0.05, 0.1) is 17.3 Å². The van der Waals surface area contributed by atoms with Crippen molar-refractivity contribution in [3.8, 4) is 5.75 Å². The first-order valence-corrected chi connectivity index (χ1v) is 15.6. The summed E-state index contributed by atoms with van der Waals surface area (Å²) in [6.07, 6.45) is 4.10. The first kappa shape index (κ1) is 27.6. The van der Waals surface area contributed by atoms with Crippen LogP contribution in [0.3, 0.4) is 0 Å². The lowest BCUT2D eigenvalue weighted by molar-refractivity contribution is 0.249. The maximum absolute atomic E-state index is 5.79. The van der Waals surface area contributed by atoms with Crippen LogP contribution in [0.5, 0.6) is 5.75 Å². The maximum Gasteiger partial charge on any atom is 0.229 e. The molecule has 1 fully saturated rings. The Morgan fingerprint density at radius 3 is 2.43 bits per heavy atom. The molecule has 0 saturated carbocycles. The molecular weight excluding hydrogens is 547 g/mol. The Balaban J connectivity index is 1.56. The number of benzene rings is 2. The van der Waals surface area contributed by atoms with E-state index in [1.807, 2.05) is 0 Å². The fraction of sp³-hybridized carbons (Fsp3) is 0.429. The molecule has 0 unspecified atom stereocenters. The molecule has 198 valence electrons.